The summed E-state index contributed by atoms with van der Waals surface area (Å²) in [5.74, 6) is -0.0215. The first-order valence-electron chi connectivity index (χ1n) is 8.31. The first kappa shape index (κ1) is 18.7. The molecule has 2 aromatic carbocycles. The van der Waals surface area contributed by atoms with Gasteiger partial charge in [-0.15, -0.1) is 0 Å². The summed E-state index contributed by atoms with van der Waals surface area (Å²) >= 11 is 5.78. The Morgan fingerprint density at radius 2 is 1.77 bits per heavy atom. The van der Waals surface area contributed by atoms with Crippen LogP contribution in [0, 0.1) is 5.92 Å². The van der Waals surface area contributed by atoms with Gasteiger partial charge in [0.1, 0.15) is 11.5 Å². The average Bonchev–Trinajstić information content (AvgIpc) is 3.45. The molecule has 1 unspecified atom stereocenters. The Morgan fingerprint density at radius 1 is 1.15 bits per heavy atom. The van der Waals surface area contributed by atoms with Crippen molar-refractivity contribution in [2.24, 2.45) is 5.92 Å². The second-order valence-corrected chi connectivity index (χ2v) is 8.79. The lowest BCUT2D eigenvalue weighted by molar-refractivity contribution is -0.119. The van der Waals surface area contributed by atoms with Crippen molar-refractivity contribution < 1.29 is 17.9 Å². The minimum absolute atomic E-state index is 0.0875. The predicted molar refractivity (Wildman–Crippen MR) is 100 cm³/mol. The topological polar surface area (TPSA) is 72.5 Å². The number of methoxy groups -OCH3 is 1. The molecule has 1 atom stereocenters. The van der Waals surface area contributed by atoms with Crippen LogP contribution in [0.25, 0.3) is 0 Å². The van der Waals surface area contributed by atoms with Crippen molar-refractivity contribution in [2.75, 3.05) is 12.9 Å². The molecule has 0 radical (unpaired) electrons. The number of amides is 1. The molecule has 0 saturated heterocycles. The zero-order chi connectivity index (χ0) is 18.7. The largest absolute Gasteiger partial charge is 0.497 e. The Bertz CT molecular complexity index is 875. The summed E-state index contributed by atoms with van der Waals surface area (Å²) in [4.78, 5) is 12.5. The number of sulfone groups is 1. The van der Waals surface area contributed by atoms with Crippen LogP contribution in [0.5, 0.6) is 5.75 Å². The SMILES string of the molecule is COc1ccc(C(NC(=O)CS(=O)(=O)c2ccc(Cl)cc2)C2CC2)cc1. The molecule has 1 N–H and O–H groups in total. The van der Waals surface area contributed by atoms with Crippen LogP contribution >= 0.6 is 11.6 Å². The molecule has 0 aromatic heterocycles. The Labute approximate surface area is 158 Å². The number of nitrogens with one attached hydrogen (secondary N) is 1. The van der Waals surface area contributed by atoms with Crippen molar-refractivity contribution in [1.29, 1.82) is 0 Å². The van der Waals surface area contributed by atoms with Crippen molar-refractivity contribution >= 4 is 27.3 Å². The lowest BCUT2D eigenvalue weighted by Gasteiger charge is -2.19. The standard InChI is InChI=1S/C19H20ClNO4S/c1-25-16-8-4-14(5-9-16)19(13-2-3-13)21-18(22)12-26(23,24)17-10-6-15(20)7-11-17/h4-11,13,19H,2-3,12H2,1H3,(H,21,22). The zero-order valence-electron chi connectivity index (χ0n) is 14.3. The summed E-state index contributed by atoms with van der Waals surface area (Å²) in [7, 11) is -2.12. The molecular formula is C19H20ClNO4S. The molecule has 2 aromatic rings. The van der Waals surface area contributed by atoms with Crippen LogP contribution in [-0.2, 0) is 14.6 Å². The van der Waals surface area contributed by atoms with E-state index in [1.165, 1.54) is 24.3 Å². The van der Waals surface area contributed by atoms with Gasteiger partial charge in [-0.3, -0.25) is 4.79 Å². The van der Waals surface area contributed by atoms with E-state index in [2.05, 4.69) is 5.32 Å². The molecule has 7 heteroatoms. The first-order chi connectivity index (χ1) is 12.4. The van der Waals surface area contributed by atoms with Crippen LogP contribution < -0.4 is 10.1 Å². The van der Waals surface area contributed by atoms with Gasteiger partial charge < -0.3 is 10.1 Å². The molecule has 0 spiro atoms. The van der Waals surface area contributed by atoms with Gasteiger partial charge in [-0.2, -0.15) is 0 Å². The molecule has 1 aliphatic carbocycles. The Morgan fingerprint density at radius 3 is 2.31 bits per heavy atom. The quantitative estimate of drug-likeness (QED) is 0.782. The van der Waals surface area contributed by atoms with E-state index in [-0.39, 0.29) is 10.9 Å². The van der Waals surface area contributed by atoms with Crippen LogP contribution in [0.2, 0.25) is 5.02 Å². The maximum absolute atomic E-state index is 12.4. The number of hydrogen-bond donors (Lipinski definition) is 1. The fourth-order valence-electron chi connectivity index (χ4n) is 2.83. The molecule has 0 heterocycles. The number of benzene rings is 2. The van der Waals surface area contributed by atoms with Crippen molar-refractivity contribution in [3.05, 3.63) is 59.1 Å². The Balaban J connectivity index is 1.71. The van der Waals surface area contributed by atoms with E-state index >= 15 is 0 Å². The number of rotatable bonds is 7. The van der Waals surface area contributed by atoms with Crippen molar-refractivity contribution in [1.82, 2.24) is 5.32 Å². The third-order valence-corrected chi connectivity index (χ3v) is 6.26. The average molecular weight is 394 g/mol. The number of halogens is 1. The van der Waals surface area contributed by atoms with Crippen molar-refractivity contribution in [3.8, 4) is 5.75 Å². The van der Waals surface area contributed by atoms with E-state index in [1.54, 1.807) is 7.11 Å². The molecule has 3 rings (SSSR count). The third kappa shape index (κ3) is 4.56. The van der Waals surface area contributed by atoms with E-state index in [4.69, 9.17) is 16.3 Å². The molecule has 5 nitrogen and oxygen atoms in total. The fourth-order valence-corrected chi connectivity index (χ4v) is 4.10. The number of ether oxygens (including phenoxy) is 1. The smallest absolute Gasteiger partial charge is 0.236 e. The van der Waals surface area contributed by atoms with Crippen molar-refractivity contribution in [2.45, 2.75) is 23.8 Å². The summed E-state index contributed by atoms with van der Waals surface area (Å²) in [5.41, 5.74) is 0.950. The monoisotopic (exact) mass is 393 g/mol. The lowest BCUT2D eigenvalue weighted by atomic mass is 10.0. The van der Waals surface area contributed by atoms with Crippen LogP contribution in [0.1, 0.15) is 24.4 Å². The van der Waals surface area contributed by atoms with E-state index in [1.807, 2.05) is 24.3 Å². The second-order valence-electron chi connectivity index (χ2n) is 6.37. The maximum Gasteiger partial charge on any atom is 0.236 e. The molecule has 1 aliphatic rings. The molecule has 1 saturated carbocycles. The van der Waals surface area contributed by atoms with Gasteiger partial charge in [0, 0.05) is 5.02 Å². The van der Waals surface area contributed by atoms with Gasteiger partial charge in [-0.1, -0.05) is 23.7 Å². The van der Waals surface area contributed by atoms with Gasteiger partial charge in [-0.05, 0) is 60.7 Å². The minimum atomic E-state index is -3.71. The lowest BCUT2D eigenvalue weighted by Crippen LogP contribution is -2.34. The molecule has 1 amide bonds. The van der Waals surface area contributed by atoms with Crippen LogP contribution in [0.3, 0.4) is 0 Å². The third-order valence-electron chi connectivity index (χ3n) is 4.38. The number of carbonyl (C=O) groups excluding carboxylic acids is 1. The molecule has 1 fully saturated rings. The second kappa shape index (κ2) is 7.68. The Hall–Kier alpha value is -2.05. The van der Waals surface area contributed by atoms with Gasteiger partial charge >= 0.3 is 0 Å². The van der Waals surface area contributed by atoms with Gasteiger partial charge in [-0.25, -0.2) is 8.42 Å². The first-order valence-corrected chi connectivity index (χ1v) is 10.3. The summed E-state index contributed by atoms with van der Waals surface area (Å²) in [6.45, 7) is 0. The van der Waals surface area contributed by atoms with E-state index in [0.29, 0.717) is 10.9 Å². The molecule has 26 heavy (non-hydrogen) atoms. The number of carbonyl (C=O) groups is 1. The van der Waals surface area contributed by atoms with Gasteiger partial charge in [0.25, 0.3) is 0 Å². The molecule has 138 valence electrons. The maximum atomic E-state index is 12.4. The van der Waals surface area contributed by atoms with Gasteiger partial charge in [0.2, 0.25) is 5.91 Å². The fraction of sp³-hybridized carbons (Fsp3) is 0.316. The van der Waals surface area contributed by atoms with E-state index < -0.39 is 21.5 Å². The van der Waals surface area contributed by atoms with Crippen molar-refractivity contribution in [3.63, 3.8) is 0 Å². The summed E-state index contributed by atoms with van der Waals surface area (Å²) in [6, 6.07) is 13.1. The Kier molecular flexibility index (Phi) is 5.53. The minimum Gasteiger partial charge on any atom is -0.497 e. The zero-order valence-corrected chi connectivity index (χ0v) is 15.9. The highest BCUT2D eigenvalue weighted by atomic mass is 35.5. The highest BCUT2D eigenvalue weighted by molar-refractivity contribution is 7.92. The summed E-state index contributed by atoms with van der Waals surface area (Å²) in [6.07, 6.45) is 2.03. The number of hydrogen-bond acceptors (Lipinski definition) is 4. The van der Waals surface area contributed by atoms with Crippen LogP contribution in [0.4, 0.5) is 0 Å². The predicted octanol–water partition coefficient (Wildman–Crippen LogP) is 3.39. The van der Waals surface area contributed by atoms with E-state index in [9.17, 15) is 13.2 Å². The van der Waals surface area contributed by atoms with Gasteiger partial charge in [0.05, 0.1) is 18.0 Å². The molecular weight excluding hydrogens is 374 g/mol. The molecule has 0 aliphatic heterocycles. The molecule has 0 bridgehead atoms. The summed E-state index contributed by atoms with van der Waals surface area (Å²) < 4.78 is 30.0. The highest BCUT2D eigenvalue weighted by Crippen LogP contribution is 2.41. The highest BCUT2D eigenvalue weighted by Gasteiger charge is 2.34. The summed E-state index contributed by atoms with van der Waals surface area (Å²) in [5, 5.41) is 3.33. The van der Waals surface area contributed by atoms with Crippen LogP contribution in [-0.4, -0.2) is 27.2 Å². The van der Waals surface area contributed by atoms with Gasteiger partial charge in [0.15, 0.2) is 9.84 Å². The van der Waals surface area contributed by atoms with Crippen LogP contribution in [0.15, 0.2) is 53.4 Å². The van der Waals surface area contributed by atoms with E-state index in [0.717, 1.165) is 24.2 Å². The normalized spacial score (nSPS) is 15.3.